The van der Waals surface area contributed by atoms with Crippen LogP contribution in [0.3, 0.4) is 0 Å². The number of oxime groups is 1. The summed E-state index contributed by atoms with van der Waals surface area (Å²) in [6.45, 7) is 11.5. The summed E-state index contributed by atoms with van der Waals surface area (Å²) in [5.74, 6) is 1.80. The smallest absolute Gasteiger partial charge is 0.142 e. The van der Waals surface area contributed by atoms with Gasteiger partial charge in [-0.1, -0.05) is 81.8 Å². The molecule has 0 heterocycles. The quantitative estimate of drug-likeness (QED) is 0.495. The first-order chi connectivity index (χ1) is 16.6. The lowest BCUT2D eigenvalue weighted by molar-refractivity contribution is -0.155. The number of benzene rings is 1. The molecule has 0 bridgehead atoms. The molecule has 5 rings (SSSR count). The molecule has 0 saturated heterocycles. The lowest BCUT2D eigenvalue weighted by Crippen LogP contribution is -2.58. The van der Waals surface area contributed by atoms with Gasteiger partial charge in [-0.15, -0.1) is 0 Å². The fourth-order valence-electron chi connectivity index (χ4n) is 8.67. The summed E-state index contributed by atoms with van der Waals surface area (Å²) >= 11 is 0. The van der Waals surface area contributed by atoms with Crippen molar-refractivity contribution in [2.24, 2.45) is 45.1 Å². The van der Waals surface area contributed by atoms with Crippen LogP contribution < -0.4 is 0 Å². The molecule has 0 aromatic heterocycles. The van der Waals surface area contributed by atoms with Crippen LogP contribution in [0.1, 0.15) is 72.3 Å². The zero-order chi connectivity index (χ0) is 25.0. The van der Waals surface area contributed by atoms with E-state index in [9.17, 15) is 9.90 Å². The molecular weight excluding hydrogens is 434 g/mol. The Morgan fingerprint density at radius 1 is 1.20 bits per heavy atom. The molecule has 8 atom stereocenters. The summed E-state index contributed by atoms with van der Waals surface area (Å²) in [5, 5.41) is 16.1. The maximum absolute atomic E-state index is 13.3. The van der Waals surface area contributed by atoms with Crippen molar-refractivity contribution in [1.82, 2.24) is 0 Å². The highest BCUT2D eigenvalue weighted by atomic mass is 16.6. The number of nitrogens with zero attached hydrogens (tertiary/aromatic N) is 1. The Labute approximate surface area is 210 Å². The second kappa shape index (κ2) is 8.73. The van der Waals surface area contributed by atoms with E-state index in [1.54, 1.807) is 0 Å². The number of carbonyl (C=O) groups excluding carboxylic acids is 1. The normalized spacial score (nSPS) is 43.2. The Balaban J connectivity index is 1.39. The maximum Gasteiger partial charge on any atom is 0.142 e. The van der Waals surface area contributed by atoms with Crippen LogP contribution >= 0.6 is 0 Å². The molecule has 4 aliphatic carbocycles. The summed E-state index contributed by atoms with van der Waals surface area (Å²) in [6, 6.07) is 10.1. The second-order valence-electron chi connectivity index (χ2n) is 12.2. The van der Waals surface area contributed by atoms with E-state index in [0.717, 1.165) is 30.5 Å². The Hall–Kier alpha value is -2.20. The molecule has 0 unspecified atom stereocenters. The number of aliphatic hydroxyl groups excluding tert-OH is 1. The van der Waals surface area contributed by atoms with Crippen LogP contribution in [0.2, 0.25) is 0 Å². The first-order valence-corrected chi connectivity index (χ1v) is 13.5. The molecule has 188 valence electrons. The summed E-state index contributed by atoms with van der Waals surface area (Å²) in [4.78, 5) is 18.9. The highest BCUT2D eigenvalue weighted by molar-refractivity contribution is 6.05. The van der Waals surface area contributed by atoms with Gasteiger partial charge in [-0.3, -0.25) is 4.79 Å². The molecule has 1 aromatic carbocycles. The number of hydrogen-bond donors (Lipinski definition) is 1. The van der Waals surface area contributed by atoms with E-state index in [2.05, 4.69) is 51.1 Å². The van der Waals surface area contributed by atoms with Crippen LogP contribution in [0.15, 0.2) is 59.3 Å². The molecule has 1 N–H and O–H groups in total. The predicted octanol–water partition coefficient (Wildman–Crippen LogP) is 6.50. The molecule has 3 fully saturated rings. The van der Waals surface area contributed by atoms with Gasteiger partial charge in [0.15, 0.2) is 0 Å². The minimum absolute atomic E-state index is 0.145. The molecule has 4 nitrogen and oxygen atoms in total. The van der Waals surface area contributed by atoms with E-state index >= 15 is 0 Å². The lowest BCUT2D eigenvalue weighted by Gasteiger charge is -2.60. The van der Waals surface area contributed by atoms with Gasteiger partial charge in [0.1, 0.15) is 18.1 Å². The fourth-order valence-corrected chi connectivity index (χ4v) is 8.67. The molecule has 0 spiro atoms. The molecule has 0 aliphatic heterocycles. The van der Waals surface area contributed by atoms with Crippen LogP contribution in [0.25, 0.3) is 0 Å². The Morgan fingerprint density at radius 3 is 2.66 bits per heavy atom. The van der Waals surface area contributed by atoms with Crippen molar-refractivity contribution in [3.05, 3.63) is 59.7 Å². The van der Waals surface area contributed by atoms with Crippen molar-refractivity contribution in [2.75, 3.05) is 0 Å². The highest BCUT2D eigenvalue weighted by Crippen LogP contribution is 2.71. The largest absolute Gasteiger partial charge is 0.393 e. The number of hydrogen-bond acceptors (Lipinski definition) is 4. The molecule has 4 heteroatoms. The van der Waals surface area contributed by atoms with Crippen molar-refractivity contribution >= 4 is 11.5 Å². The number of rotatable bonds is 5. The third-order valence-corrected chi connectivity index (χ3v) is 10.8. The van der Waals surface area contributed by atoms with Crippen molar-refractivity contribution in [3.63, 3.8) is 0 Å². The average molecular weight is 476 g/mol. The van der Waals surface area contributed by atoms with Gasteiger partial charge in [0.05, 0.1) is 6.10 Å². The van der Waals surface area contributed by atoms with Gasteiger partial charge in [-0.05, 0) is 66.6 Å². The third kappa shape index (κ3) is 3.58. The molecule has 0 amide bonds. The third-order valence-electron chi connectivity index (χ3n) is 10.8. The van der Waals surface area contributed by atoms with Crippen LogP contribution in [0.4, 0.5) is 0 Å². The van der Waals surface area contributed by atoms with Crippen molar-refractivity contribution < 1.29 is 14.7 Å². The second-order valence-corrected chi connectivity index (χ2v) is 12.2. The van der Waals surface area contributed by atoms with Crippen LogP contribution in [0.5, 0.6) is 0 Å². The SMILES string of the molecule is CCC(=O)[C@@]1(C)[C@H](C)C[C@H]2[C@@H]3CCC4=C/C(=N/OCc5ccccc5)C=C[C@]4(C)[C@H]3[C@@H](O)C[C@@]21C. The van der Waals surface area contributed by atoms with Gasteiger partial charge >= 0.3 is 0 Å². The zero-order valence-corrected chi connectivity index (χ0v) is 22.0. The first kappa shape index (κ1) is 24.5. The van der Waals surface area contributed by atoms with E-state index in [4.69, 9.17) is 4.84 Å². The number of aliphatic hydroxyl groups is 1. The predicted molar refractivity (Wildman–Crippen MR) is 140 cm³/mol. The molecule has 1 aromatic rings. The van der Waals surface area contributed by atoms with Crippen LogP contribution in [-0.4, -0.2) is 22.7 Å². The van der Waals surface area contributed by atoms with Gasteiger partial charge in [0.25, 0.3) is 0 Å². The van der Waals surface area contributed by atoms with E-state index in [0.29, 0.717) is 43.0 Å². The molecule has 0 radical (unpaired) electrons. The Bertz CT molecular complexity index is 1070. The molecule has 3 saturated carbocycles. The molecular formula is C31H41NO3. The number of ketones is 1. The Kier molecular flexibility index (Phi) is 6.11. The van der Waals surface area contributed by atoms with Crippen molar-refractivity contribution in [1.29, 1.82) is 0 Å². The number of fused-ring (bicyclic) bond motifs is 5. The highest BCUT2D eigenvalue weighted by Gasteiger charge is 2.68. The lowest BCUT2D eigenvalue weighted by atomic mass is 9.44. The van der Waals surface area contributed by atoms with Gasteiger partial charge in [0.2, 0.25) is 0 Å². The fraction of sp³-hybridized carbons (Fsp3) is 0.613. The zero-order valence-electron chi connectivity index (χ0n) is 22.0. The van der Waals surface area contributed by atoms with Gasteiger partial charge < -0.3 is 9.94 Å². The minimum Gasteiger partial charge on any atom is -0.393 e. The topological polar surface area (TPSA) is 58.9 Å². The van der Waals surface area contributed by atoms with Crippen LogP contribution in [-0.2, 0) is 16.2 Å². The number of carbonyl (C=O) groups is 1. The number of Topliss-reactive ketones (excluding diaryl/α,β-unsaturated/α-hetero) is 1. The average Bonchev–Trinajstić information content (AvgIpc) is 3.05. The van der Waals surface area contributed by atoms with Crippen molar-refractivity contribution in [3.8, 4) is 0 Å². The van der Waals surface area contributed by atoms with Crippen LogP contribution in [0, 0.1) is 39.9 Å². The number of allylic oxidation sites excluding steroid dienone is 4. The van der Waals surface area contributed by atoms with E-state index < -0.39 is 6.10 Å². The summed E-state index contributed by atoms with van der Waals surface area (Å²) in [5.41, 5.74) is 2.62. The summed E-state index contributed by atoms with van der Waals surface area (Å²) < 4.78 is 0. The summed E-state index contributed by atoms with van der Waals surface area (Å²) in [7, 11) is 0. The van der Waals surface area contributed by atoms with Gasteiger partial charge in [-0.2, -0.15) is 0 Å². The van der Waals surface area contributed by atoms with Gasteiger partial charge in [-0.25, -0.2) is 0 Å². The monoisotopic (exact) mass is 475 g/mol. The minimum atomic E-state index is -0.415. The van der Waals surface area contributed by atoms with Crippen molar-refractivity contribution in [2.45, 2.75) is 79.4 Å². The van der Waals surface area contributed by atoms with Gasteiger partial charge in [0, 0.05) is 23.2 Å². The standard InChI is InChI=1S/C31H41NO3/c1-6-27(34)31(5)20(2)16-25-24-13-12-22-17-23(32-35-19-21-10-8-7-9-11-21)14-15-29(22,3)28(24)26(33)18-30(25,31)4/h7-11,14-15,17,20,24-26,28,33H,6,12-13,16,18-19H2,1-5H3/b32-23+/t20-,24+,25+,26+,28-,29+,30+,31-/m1/s1. The first-order valence-electron chi connectivity index (χ1n) is 13.5. The van der Waals surface area contributed by atoms with E-state index in [1.807, 2.05) is 37.3 Å². The van der Waals surface area contributed by atoms with E-state index in [-0.39, 0.29) is 22.2 Å². The summed E-state index contributed by atoms with van der Waals surface area (Å²) in [6.07, 6.45) is 10.6. The van der Waals surface area contributed by atoms with E-state index in [1.165, 1.54) is 5.57 Å². The molecule has 4 aliphatic rings. The Morgan fingerprint density at radius 2 is 1.94 bits per heavy atom. The maximum atomic E-state index is 13.3. The molecule has 35 heavy (non-hydrogen) atoms.